The Bertz CT molecular complexity index is 927. The summed E-state index contributed by atoms with van der Waals surface area (Å²) >= 11 is 1.17. The van der Waals surface area contributed by atoms with Crippen LogP contribution in [-0.2, 0) is 5.75 Å². The molecule has 2 aromatic carbocycles. The maximum atomic E-state index is 13.8. The lowest BCUT2D eigenvalue weighted by atomic mass is 10.0. The summed E-state index contributed by atoms with van der Waals surface area (Å²) < 4.78 is 33.6. The molecule has 0 fully saturated rings. The van der Waals surface area contributed by atoms with E-state index in [1.165, 1.54) is 30.0 Å². The molecule has 0 atom stereocenters. The molecule has 1 aromatic heterocycles. The maximum absolute atomic E-state index is 13.8. The molecule has 0 aliphatic rings. The molecule has 3 rings (SSSR count). The molecule has 3 aromatic rings. The molecule has 140 valence electrons. The van der Waals surface area contributed by atoms with Gasteiger partial charge >= 0.3 is 0 Å². The summed E-state index contributed by atoms with van der Waals surface area (Å²) in [6.45, 7) is 6.02. The first kappa shape index (κ1) is 19.3. The molecule has 0 aliphatic carbocycles. The Labute approximate surface area is 161 Å². The Morgan fingerprint density at radius 1 is 1.00 bits per heavy atom. The Kier molecular flexibility index (Phi) is 6.06. The zero-order valence-electron chi connectivity index (χ0n) is 15.4. The Morgan fingerprint density at radius 2 is 1.70 bits per heavy atom. The Balaban J connectivity index is 1.81. The van der Waals surface area contributed by atoms with Crippen LogP contribution in [0.25, 0.3) is 0 Å². The first-order valence-corrected chi connectivity index (χ1v) is 9.60. The minimum Gasteiger partial charge on any atom is -0.439 e. The van der Waals surface area contributed by atoms with Crippen molar-refractivity contribution in [2.75, 3.05) is 0 Å². The summed E-state index contributed by atoms with van der Waals surface area (Å²) in [6, 6.07) is 13.4. The van der Waals surface area contributed by atoms with Crippen molar-refractivity contribution in [1.82, 2.24) is 9.97 Å². The van der Waals surface area contributed by atoms with Crippen molar-refractivity contribution in [1.29, 1.82) is 0 Å². The summed E-state index contributed by atoms with van der Waals surface area (Å²) in [5.74, 6) is 0.412. The van der Waals surface area contributed by atoms with E-state index in [1.54, 1.807) is 6.07 Å². The number of benzene rings is 2. The van der Waals surface area contributed by atoms with Crippen molar-refractivity contribution in [3.8, 4) is 11.6 Å². The molecule has 0 N–H and O–H groups in total. The topological polar surface area (TPSA) is 35.0 Å². The van der Waals surface area contributed by atoms with Crippen molar-refractivity contribution in [2.24, 2.45) is 0 Å². The predicted molar refractivity (Wildman–Crippen MR) is 103 cm³/mol. The molecule has 0 spiro atoms. The first-order valence-electron chi connectivity index (χ1n) is 8.62. The van der Waals surface area contributed by atoms with Crippen LogP contribution in [0.15, 0.2) is 53.7 Å². The zero-order chi connectivity index (χ0) is 19.4. The standard InChI is InChI=1S/C21H20F2N2OS/c1-13(2)15-7-4-5-10-19(15)26-20-11-14(3)24-21(25-20)27-12-16-17(22)8-6-9-18(16)23/h4-11,13H,12H2,1-3H3. The van der Waals surface area contributed by atoms with Crippen molar-refractivity contribution in [3.63, 3.8) is 0 Å². The van der Waals surface area contributed by atoms with E-state index in [1.807, 2.05) is 31.2 Å². The molecule has 0 amide bonds. The van der Waals surface area contributed by atoms with Gasteiger partial charge in [0.2, 0.25) is 5.88 Å². The van der Waals surface area contributed by atoms with Gasteiger partial charge in [-0.15, -0.1) is 0 Å². The van der Waals surface area contributed by atoms with Crippen LogP contribution in [0, 0.1) is 18.6 Å². The van der Waals surface area contributed by atoms with Gasteiger partial charge in [-0.25, -0.2) is 13.8 Å². The van der Waals surface area contributed by atoms with Gasteiger partial charge in [0.05, 0.1) is 0 Å². The van der Waals surface area contributed by atoms with Crippen LogP contribution in [0.3, 0.4) is 0 Å². The van der Waals surface area contributed by atoms with E-state index in [9.17, 15) is 8.78 Å². The van der Waals surface area contributed by atoms with Crippen molar-refractivity contribution in [3.05, 3.63) is 77.0 Å². The molecule has 0 saturated heterocycles. The Morgan fingerprint density at radius 3 is 2.41 bits per heavy atom. The van der Waals surface area contributed by atoms with Crippen molar-refractivity contribution < 1.29 is 13.5 Å². The summed E-state index contributed by atoms with van der Waals surface area (Å²) in [7, 11) is 0. The van der Waals surface area contributed by atoms with Gasteiger partial charge in [0, 0.05) is 23.1 Å². The number of aromatic nitrogens is 2. The number of nitrogens with zero attached hydrogens (tertiary/aromatic N) is 2. The highest BCUT2D eigenvalue weighted by Crippen LogP contribution is 2.31. The monoisotopic (exact) mass is 386 g/mol. The minimum absolute atomic E-state index is 0.0141. The maximum Gasteiger partial charge on any atom is 0.223 e. The molecule has 1 heterocycles. The second kappa shape index (κ2) is 8.48. The van der Waals surface area contributed by atoms with Gasteiger partial charge in [-0.2, -0.15) is 4.98 Å². The van der Waals surface area contributed by atoms with Gasteiger partial charge in [0.25, 0.3) is 0 Å². The highest BCUT2D eigenvalue weighted by Gasteiger charge is 2.13. The highest BCUT2D eigenvalue weighted by molar-refractivity contribution is 7.98. The number of thioether (sulfide) groups is 1. The van der Waals surface area contributed by atoms with E-state index in [0.717, 1.165) is 17.0 Å². The van der Waals surface area contributed by atoms with E-state index >= 15 is 0 Å². The smallest absolute Gasteiger partial charge is 0.223 e. The number of aryl methyl sites for hydroxylation is 1. The summed E-state index contributed by atoms with van der Waals surface area (Å²) in [6.07, 6.45) is 0. The van der Waals surface area contributed by atoms with Gasteiger partial charge in [-0.1, -0.05) is 49.9 Å². The molecule has 27 heavy (non-hydrogen) atoms. The van der Waals surface area contributed by atoms with E-state index in [4.69, 9.17) is 4.74 Å². The Hall–Kier alpha value is -2.47. The molecule has 0 saturated carbocycles. The molecule has 0 bridgehead atoms. The highest BCUT2D eigenvalue weighted by atomic mass is 32.2. The van der Waals surface area contributed by atoms with Crippen LogP contribution in [0.2, 0.25) is 0 Å². The van der Waals surface area contributed by atoms with E-state index in [-0.39, 0.29) is 11.3 Å². The second-order valence-electron chi connectivity index (χ2n) is 6.41. The zero-order valence-corrected chi connectivity index (χ0v) is 16.2. The van der Waals surface area contributed by atoms with E-state index in [0.29, 0.717) is 17.0 Å². The molecular weight excluding hydrogens is 366 g/mol. The summed E-state index contributed by atoms with van der Waals surface area (Å²) in [4.78, 5) is 8.72. The van der Waals surface area contributed by atoms with Crippen LogP contribution in [-0.4, -0.2) is 9.97 Å². The number of hydrogen-bond acceptors (Lipinski definition) is 4. The van der Waals surface area contributed by atoms with Crippen LogP contribution < -0.4 is 4.74 Å². The average Bonchev–Trinajstić information content (AvgIpc) is 2.61. The number of rotatable bonds is 6. The molecule has 6 heteroatoms. The van der Waals surface area contributed by atoms with E-state index in [2.05, 4.69) is 23.8 Å². The second-order valence-corrected chi connectivity index (χ2v) is 7.36. The molecule has 0 aliphatic heterocycles. The number of halogens is 2. The molecule has 3 nitrogen and oxygen atoms in total. The number of hydrogen-bond donors (Lipinski definition) is 0. The van der Waals surface area contributed by atoms with Gasteiger partial charge < -0.3 is 4.74 Å². The third kappa shape index (κ3) is 4.83. The molecule has 0 radical (unpaired) electrons. The van der Waals surface area contributed by atoms with Crippen molar-refractivity contribution in [2.45, 2.75) is 37.6 Å². The SMILES string of the molecule is Cc1cc(Oc2ccccc2C(C)C)nc(SCc2c(F)cccc2F)n1. The summed E-state index contributed by atoms with van der Waals surface area (Å²) in [5, 5.41) is 0.412. The van der Waals surface area contributed by atoms with Gasteiger partial charge in [-0.05, 0) is 36.6 Å². The van der Waals surface area contributed by atoms with Gasteiger partial charge in [0.15, 0.2) is 5.16 Å². The van der Waals surface area contributed by atoms with Crippen LogP contribution in [0.5, 0.6) is 11.6 Å². The van der Waals surface area contributed by atoms with Crippen molar-refractivity contribution >= 4 is 11.8 Å². The van der Waals surface area contributed by atoms with Gasteiger partial charge in [0.1, 0.15) is 17.4 Å². The fourth-order valence-electron chi connectivity index (χ4n) is 2.60. The lowest BCUT2D eigenvalue weighted by Crippen LogP contribution is -1.99. The van der Waals surface area contributed by atoms with Gasteiger partial charge in [-0.3, -0.25) is 0 Å². The number of para-hydroxylation sites is 1. The fourth-order valence-corrected chi connectivity index (χ4v) is 3.51. The first-order chi connectivity index (χ1) is 12.9. The van der Waals surface area contributed by atoms with Crippen LogP contribution in [0.1, 0.15) is 36.6 Å². The quantitative estimate of drug-likeness (QED) is 0.369. The summed E-state index contributed by atoms with van der Waals surface area (Å²) in [5.41, 5.74) is 1.81. The third-order valence-electron chi connectivity index (χ3n) is 3.97. The molecule has 0 unspecified atom stereocenters. The minimum atomic E-state index is -0.572. The van der Waals surface area contributed by atoms with E-state index < -0.39 is 11.6 Å². The average molecular weight is 386 g/mol. The number of ether oxygens (including phenoxy) is 1. The lowest BCUT2D eigenvalue weighted by Gasteiger charge is -2.13. The van der Waals surface area contributed by atoms with Crippen LogP contribution >= 0.6 is 11.8 Å². The molecular formula is C21H20F2N2OS. The third-order valence-corrected chi connectivity index (χ3v) is 4.85. The lowest BCUT2D eigenvalue weighted by molar-refractivity contribution is 0.446. The largest absolute Gasteiger partial charge is 0.439 e. The predicted octanol–water partition coefficient (Wildman–Crippen LogP) is 6.27. The normalized spacial score (nSPS) is 11.0. The fraction of sp³-hybridized carbons (Fsp3) is 0.238. The van der Waals surface area contributed by atoms with Crippen LogP contribution in [0.4, 0.5) is 8.78 Å².